The molecule has 0 aliphatic carbocycles. The van der Waals surface area contributed by atoms with Gasteiger partial charge in [-0.3, -0.25) is 20.4 Å². The van der Waals surface area contributed by atoms with Crippen LogP contribution >= 0.6 is 0 Å². The molecule has 0 saturated heterocycles. The lowest BCUT2D eigenvalue weighted by Gasteiger charge is -2.11. The molecule has 0 unspecified atom stereocenters. The fraction of sp³-hybridized carbons (Fsp3) is 0.222. The molecule has 0 aliphatic heterocycles. The molecule has 0 fully saturated rings. The van der Waals surface area contributed by atoms with Gasteiger partial charge in [0.15, 0.2) is 6.61 Å². The van der Waals surface area contributed by atoms with Gasteiger partial charge in [-0.25, -0.2) is 0 Å². The van der Waals surface area contributed by atoms with E-state index in [0.29, 0.717) is 17.2 Å². The number of hydrogen-bond donors (Lipinski definition) is 2. The van der Waals surface area contributed by atoms with Crippen LogP contribution in [0.3, 0.4) is 0 Å². The third-order valence-corrected chi connectivity index (χ3v) is 3.38. The fourth-order valence-corrected chi connectivity index (χ4v) is 2.03. The van der Waals surface area contributed by atoms with E-state index in [-0.39, 0.29) is 12.2 Å². The number of para-hydroxylation sites is 1. The summed E-state index contributed by atoms with van der Waals surface area (Å²) in [5.41, 5.74) is 5.83. The molecule has 7 nitrogen and oxygen atoms in total. The van der Waals surface area contributed by atoms with E-state index in [9.17, 15) is 9.59 Å². The summed E-state index contributed by atoms with van der Waals surface area (Å²) in [5.74, 6) is 0.576. The first-order valence-electron chi connectivity index (χ1n) is 7.54. The maximum Gasteiger partial charge on any atom is 0.276 e. The molecule has 0 heterocycles. The van der Waals surface area contributed by atoms with Gasteiger partial charge in [0, 0.05) is 11.6 Å². The molecule has 2 rings (SSSR count). The molecular weight excluding hydrogens is 324 g/mol. The Morgan fingerprint density at radius 3 is 2.20 bits per heavy atom. The maximum absolute atomic E-state index is 12.1. The monoisotopic (exact) mass is 344 g/mol. The van der Waals surface area contributed by atoms with Crippen LogP contribution < -0.4 is 25.1 Å². The van der Waals surface area contributed by atoms with Gasteiger partial charge in [0.2, 0.25) is 0 Å². The Morgan fingerprint density at radius 1 is 0.960 bits per heavy atom. The molecule has 25 heavy (non-hydrogen) atoms. The van der Waals surface area contributed by atoms with E-state index < -0.39 is 11.8 Å². The van der Waals surface area contributed by atoms with E-state index in [1.165, 1.54) is 26.4 Å². The van der Waals surface area contributed by atoms with Crippen molar-refractivity contribution in [1.29, 1.82) is 0 Å². The minimum absolute atomic E-state index is 0.216. The Morgan fingerprint density at radius 2 is 1.60 bits per heavy atom. The smallest absolute Gasteiger partial charge is 0.276 e. The summed E-state index contributed by atoms with van der Waals surface area (Å²) in [6.45, 7) is 1.66. The summed E-state index contributed by atoms with van der Waals surface area (Å²) in [5, 5.41) is 0. The summed E-state index contributed by atoms with van der Waals surface area (Å²) in [6.07, 6.45) is 0. The maximum atomic E-state index is 12.1. The van der Waals surface area contributed by atoms with Crippen molar-refractivity contribution in [2.24, 2.45) is 0 Å². The second-order valence-corrected chi connectivity index (χ2v) is 5.16. The van der Waals surface area contributed by atoms with Gasteiger partial charge in [0.1, 0.15) is 17.2 Å². The van der Waals surface area contributed by atoms with E-state index >= 15 is 0 Å². The molecule has 0 spiro atoms. The SMILES string of the molecule is COc1cc(OC)cc(C(=O)NNC(=O)COc2ccccc2C)c1. The molecule has 0 bridgehead atoms. The van der Waals surface area contributed by atoms with Crippen molar-refractivity contribution in [3.8, 4) is 17.2 Å². The standard InChI is InChI=1S/C18H20N2O5/c1-12-6-4-5-7-16(12)25-11-17(21)19-20-18(22)13-8-14(23-2)10-15(9-13)24-3/h4-10H,11H2,1-3H3,(H,19,21)(H,20,22). The normalized spacial score (nSPS) is 9.88. The Balaban J connectivity index is 1.89. The topological polar surface area (TPSA) is 85.9 Å². The van der Waals surface area contributed by atoms with Gasteiger partial charge in [-0.1, -0.05) is 18.2 Å². The van der Waals surface area contributed by atoms with Crippen LogP contribution in [0.5, 0.6) is 17.2 Å². The van der Waals surface area contributed by atoms with Crippen molar-refractivity contribution < 1.29 is 23.8 Å². The summed E-state index contributed by atoms with van der Waals surface area (Å²) in [7, 11) is 2.97. The molecule has 132 valence electrons. The fourth-order valence-electron chi connectivity index (χ4n) is 2.03. The van der Waals surface area contributed by atoms with Crippen LogP contribution in [0.4, 0.5) is 0 Å². The van der Waals surface area contributed by atoms with Crippen LogP contribution in [0.1, 0.15) is 15.9 Å². The van der Waals surface area contributed by atoms with E-state index in [1.54, 1.807) is 12.1 Å². The van der Waals surface area contributed by atoms with Gasteiger partial charge in [0.25, 0.3) is 11.8 Å². The van der Waals surface area contributed by atoms with Crippen molar-refractivity contribution in [3.63, 3.8) is 0 Å². The Labute approximate surface area is 145 Å². The number of ether oxygens (including phenoxy) is 3. The predicted octanol–water partition coefficient (Wildman–Crippen LogP) is 1.85. The lowest BCUT2D eigenvalue weighted by molar-refractivity contribution is -0.123. The quantitative estimate of drug-likeness (QED) is 0.781. The molecule has 2 amide bonds. The number of aryl methyl sites for hydroxylation is 1. The summed E-state index contributed by atoms with van der Waals surface area (Å²) >= 11 is 0. The summed E-state index contributed by atoms with van der Waals surface area (Å²) < 4.78 is 15.6. The minimum atomic E-state index is -0.499. The van der Waals surface area contributed by atoms with Gasteiger partial charge >= 0.3 is 0 Å². The molecule has 2 aromatic carbocycles. The second kappa shape index (κ2) is 8.58. The van der Waals surface area contributed by atoms with E-state index in [2.05, 4.69) is 10.9 Å². The van der Waals surface area contributed by atoms with E-state index in [0.717, 1.165) is 5.56 Å². The van der Waals surface area contributed by atoms with Crippen LogP contribution in [-0.4, -0.2) is 32.6 Å². The minimum Gasteiger partial charge on any atom is -0.497 e. The van der Waals surface area contributed by atoms with Gasteiger partial charge in [-0.15, -0.1) is 0 Å². The number of carbonyl (C=O) groups is 2. The lowest BCUT2D eigenvalue weighted by Crippen LogP contribution is -2.43. The highest BCUT2D eigenvalue weighted by Gasteiger charge is 2.11. The number of amides is 2. The lowest BCUT2D eigenvalue weighted by atomic mass is 10.2. The van der Waals surface area contributed by atoms with E-state index in [4.69, 9.17) is 14.2 Å². The average molecular weight is 344 g/mol. The van der Waals surface area contributed by atoms with Gasteiger partial charge < -0.3 is 14.2 Å². The Kier molecular flexibility index (Phi) is 6.22. The average Bonchev–Trinajstić information content (AvgIpc) is 2.64. The first-order chi connectivity index (χ1) is 12.0. The highest BCUT2D eigenvalue weighted by Crippen LogP contribution is 2.22. The predicted molar refractivity (Wildman–Crippen MR) is 91.8 cm³/mol. The van der Waals surface area contributed by atoms with Crippen LogP contribution in [0.2, 0.25) is 0 Å². The van der Waals surface area contributed by atoms with Crippen LogP contribution in [0.25, 0.3) is 0 Å². The van der Waals surface area contributed by atoms with Crippen LogP contribution in [-0.2, 0) is 4.79 Å². The molecule has 0 atom stereocenters. The number of rotatable bonds is 6. The van der Waals surface area contributed by atoms with Gasteiger partial charge in [-0.05, 0) is 30.7 Å². The van der Waals surface area contributed by atoms with Crippen molar-refractivity contribution in [2.75, 3.05) is 20.8 Å². The first kappa shape index (κ1) is 18.1. The van der Waals surface area contributed by atoms with Crippen molar-refractivity contribution >= 4 is 11.8 Å². The summed E-state index contributed by atoms with van der Waals surface area (Å²) in [4.78, 5) is 23.9. The van der Waals surface area contributed by atoms with E-state index in [1.807, 2.05) is 25.1 Å². The molecule has 0 aromatic heterocycles. The van der Waals surface area contributed by atoms with Gasteiger partial charge in [0.05, 0.1) is 14.2 Å². The van der Waals surface area contributed by atoms with Gasteiger partial charge in [-0.2, -0.15) is 0 Å². The largest absolute Gasteiger partial charge is 0.497 e. The highest BCUT2D eigenvalue weighted by atomic mass is 16.5. The second-order valence-electron chi connectivity index (χ2n) is 5.16. The molecule has 2 N–H and O–H groups in total. The molecule has 0 aliphatic rings. The number of hydrazine groups is 1. The third kappa shape index (κ3) is 5.13. The zero-order valence-corrected chi connectivity index (χ0v) is 14.3. The molecular formula is C18H20N2O5. The number of nitrogens with one attached hydrogen (secondary N) is 2. The number of carbonyl (C=O) groups excluding carboxylic acids is 2. The Hall–Kier alpha value is -3.22. The number of benzene rings is 2. The molecule has 2 aromatic rings. The molecule has 0 saturated carbocycles. The number of methoxy groups -OCH3 is 2. The van der Waals surface area contributed by atoms with Crippen LogP contribution in [0.15, 0.2) is 42.5 Å². The highest BCUT2D eigenvalue weighted by molar-refractivity contribution is 5.96. The summed E-state index contributed by atoms with van der Waals surface area (Å²) in [6, 6.07) is 12.1. The molecule has 7 heteroatoms. The zero-order chi connectivity index (χ0) is 18.2. The first-order valence-corrected chi connectivity index (χ1v) is 7.54. The van der Waals surface area contributed by atoms with Crippen molar-refractivity contribution in [3.05, 3.63) is 53.6 Å². The Bertz CT molecular complexity index is 739. The van der Waals surface area contributed by atoms with Crippen molar-refractivity contribution in [1.82, 2.24) is 10.9 Å². The zero-order valence-electron chi connectivity index (χ0n) is 14.3. The van der Waals surface area contributed by atoms with Crippen LogP contribution in [0, 0.1) is 6.92 Å². The molecule has 0 radical (unpaired) electrons. The number of hydrogen-bond acceptors (Lipinski definition) is 5. The van der Waals surface area contributed by atoms with Crippen molar-refractivity contribution in [2.45, 2.75) is 6.92 Å². The third-order valence-electron chi connectivity index (χ3n) is 3.38.